The summed E-state index contributed by atoms with van der Waals surface area (Å²) in [6.45, 7) is 6.01. The van der Waals surface area contributed by atoms with E-state index in [9.17, 15) is 19.2 Å². The number of nitrogens with zero attached hydrogens (tertiary/aromatic N) is 1. The van der Waals surface area contributed by atoms with Gasteiger partial charge in [0, 0.05) is 0 Å². The molecule has 0 radical (unpaired) electrons. The highest BCUT2D eigenvalue weighted by atomic mass is 16.5. The van der Waals surface area contributed by atoms with E-state index in [0.717, 1.165) is 28.0 Å². The summed E-state index contributed by atoms with van der Waals surface area (Å²) in [5.41, 5.74) is 3.61. The molecule has 4 amide bonds. The van der Waals surface area contributed by atoms with Crippen LogP contribution < -0.4 is 15.0 Å². The van der Waals surface area contributed by atoms with Gasteiger partial charge in [0.25, 0.3) is 11.8 Å². The average Bonchev–Trinajstić information content (AvgIpc) is 2.91. The van der Waals surface area contributed by atoms with Crippen molar-refractivity contribution in [3.63, 3.8) is 0 Å². The molecule has 0 saturated carbocycles. The lowest BCUT2D eigenvalue weighted by molar-refractivity contribution is -0.122. The lowest BCUT2D eigenvalue weighted by Crippen LogP contribution is -2.54. The van der Waals surface area contributed by atoms with Crippen LogP contribution in [0.3, 0.4) is 0 Å². The second-order valence-corrected chi connectivity index (χ2v) is 8.63. The molecular weight excluding hydrogens is 484 g/mol. The molecule has 0 spiro atoms. The van der Waals surface area contributed by atoms with Crippen molar-refractivity contribution >= 4 is 35.6 Å². The van der Waals surface area contributed by atoms with Crippen molar-refractivity contribution < 1.29 is 29.0 Å². The molecule has 2 N–H and O–H groups in total. The van der Waals surface area contributed by atoms with E-state index in [-0.39, 0.29) is 17.7 Å². The normalized spacial score (nSPS) is 14.4. The Morgan fingerprint density at radius 1 is 1.00 bits per heavy atom. The maximum absolute atomic E-state index is 13.2. The summed E-state index contributed by atoms with van der Waals surface area (Å²) in [4.78, 5) is 50.3. The van der Waals surface area contributed by atoms with Crippen LogP contribution in [0.1, 0.15) is 39.5 Å². The number of carboxylic acids is 1. The molecule has 0 aromatic heterocycles. The molecule has 8 nitrogen and oxygen atoms in total. The number of aryl methyl sites for hydroxylation is 1. The quantitative estimate of drug-likeness (QED) is 0.240. The molecule has 1 heterocycles. The van der Waals surface area contributed by atoms with Gasteiger partial charge in [0.15, 0.2) is 0 Å². The van der Waals surface area contributed by atoms with Crippen LogP contribution in [0.25, 0.3) is 6.08 Å². The number of benzene rings is 3. The van der Waals surface area contributed by atoms with Crippen LogP contribution in [0.2, 0.25) is 0 Å². The van der Waals surface area contributed by atoms with Gasteiger partial charge in [-0.3, -0.25) is 14.9 Å². The topological polar surface area (TPSA) is 113 Å². The first-order chi connectivity index (χ1) is 18.3. The number of imide groups is 2. The number of carbonyl (C=O) groups is 4. The third kappa shape index (κ3) is 5.70. The minimum atomic E-state index is -0.998. The highest BCUT2D eigenvalue weighted by Gasteiger charge is 2.36. The van der Waals surface area contributed by atoms with Gasteiger partial charge in [-0.25, -0.2) is 14.5 Å². The number of allylic oxidation sites excluding steroid dienone is 1. The van der Waals surface area contributed by atoms with E-state index in [1.54, 1.807) is 48.5 Å². The second-order valence-electron chi connectivity index (χ2n) is 8.63. The lowest BCUT2D eigenvalue weighted by atomic mass is 10.0. The second kappa shape index (κ2) is 11.4. The van der Waals surface area contributed by atoms with Crippen LogP contribution in [0.4, 0.5) is 10.5 Å². The Kier molecular flexibility index (Phi) is 7.82. The fraction of sp³-hybridized carbons (Fsp3) is 0.133. The molecule has 4 rings (SSSR count). The summed E-state index contributed by atoms with van der Waals surface area (Å²) in [5.74, 6) is -1.89. The Hall–Kier alpha value is -4.98. The predicted molar refractivity (Wildman–Crippen MR) is 143 cm³/mol. The highest BCUT2D eigenvalue weighted by Crippen LogP contribution is 2.26. The molecule has 192 valence electrons. The van der Waals surface area contributed by atoms with E-state index in [1.165, 1.54) is 18.2 Å². The molecule has 8 heteroatoms. The van der Waals surface area contributed by atoms with Crippen LogP contribution in [0.5, 0.6) is 5.75 Å². The molecular formula is C30H26N2O6. The Labute approximate surface area is 219 Å². The minimum Gasteiger partial charge on any atom is -0.489 e. The fourth-order valence-corrected chi connectivity index (χ4v) is 3.99. The molecule has 1 fully saturated rings. The van der Waals surface area contributed by atoms with E-state index >= 15 is 0 Å². The van der Waals surface area contributed by atoms with E-state index in [0.29, 0.717) is 23.4 Å². The van der Waals surface area contributed by atoms with E-state index in [2.05, 4.69) is 11.9 Å². The summed E-state index contributed by atoms with van der Waals surface area (Å²) in [5, 5.41) is 11.3. The first-order valence-electron chi connectivity index (χ1n) is 12.0. The van der Waals surface area contributed by atoms with Gasteiger partial charge >= 0.3 is 12.0 Å². The predicted octanol–water partition coefficient (Wildman–Crippen LogP) is 4.92. The number of nitrogens with one attached hydrogen (secondary N) is 1. The Morgan fingerprint density at radius 3 is 2.32 bits per heavy atom. The van der Waals surface area contributed by atoms with Crippen LogP contribution in [-0.4, -0.2) is 28.9 Å². The minimum absolute atomic E-state index is 0.166. The Balaban J connectivity index is 1.57. The summed E-state index contributed by atoms with van der Waals surface area (Å²) < 4.78 is 5.96. The SMILES string of the molecule is C=CCc1cc(/C=C2/C(=O)NC(=O)N(c3ccc(CC)cc3)C2=O)ccc1OCc1ccc(C(=O)O)cc1. The number of amides is 4. The molecule has 3 aromatic rings. The molecule has 3 aromatic carbocycles. The maximum atomic E-state index is 13.2. The van der Waals surface area contributed by atoms with Crippen LogP contribution in [0.15, 0.2) is 85.0 Å². The van der Waals surface area contributed by atoms with E-state index in [1.807, 2.05) is 19.1 Å². The van der Waals surface area contributed by atoms with Crippen molar-refractivity contribution in [2.24, 2.45) is 0 Å². The third-order valence-corrected chi connectivity index (χ3v) is 6.06. The van der Waals surface area contributed by atoms with E-state index in [4.69, 9.17) is 9.84 Å². The molecule has 1 aliphatic heterocycles. The zero-order chi connectivity index (χ0) is 27.2. The fourth-order valence-electron chi connectivity index (χ4n) is 3.99. The smallest absolute Gasteiger partial charge is 0.335 e. The van der Waals surface area contributed by atoms with Crippen molar-refractivity contribution in [3.05, 3.63) is 113 Å². The zero-order valence-corrected chi connectivity index (χ0v) is 20.8. The highest BCUT2D eigenvalue weighted by molar-refractivity contribution is 6.39. The number of ether oxygens (including phenoxy) is 1. The van der Waals surface area contributed by atoms with Gasteiger partial charge in [-0.1, -0.05) is 43.3 Å². The largest absolute Gasteiger partial charge is 0.489 e. The third-order valence-electron chi connectivity index (χ3n) is 6.06. The Bertz CT molecular complexity index is 1440. The van der Waals surface area contributed by atoms with E-state index < -0.39 is 23.8 Å². The number of carboxylic acid groups (broad SMARTS) is 1. The number of urea groups is 1. The number of anilines is 1. The van der Waals surface area contributed by atoms with Crippen LogP contribution >= 0.6 is 0 Å². The number of aromatic carboxylic acids is 1. The number of rotatable bonds is 9. The van der Waals surface area contributed by atoms with Crippen molar-refractivity contribution in [1.82, 2.24) is 5.32 Å². The van der Waals surface area contributed by atoms with Gasteiger partial charge in [0.05, 0.1) is 11.3 Å². The number of hydrogen-bond donors (Lipinski definition) is 2. The van der Waals surface area contributed by atoms with Gasteiger partial charge in [-0.15, -0.1) is 6.58 Å². The number of hydrogen-bond acceptors (Lipinski definition) is 5. The molecule has 1 aliphatic rings. The molecule has 0 bridgehead atoms. The zero-order valence-electron chi connectivity index (χ0n) is 20.8. The molecule has 38 heavy (non-hydrogen) atoms. The average molecular weight is 511 g/mol. The lowest BCUT2D eigenvalue weighted by Gasteiger charge is -2.26. The van der Waals surface area contributed by atoms with Crippen molar-refractivity contribution in [2.75, 3.05) is 4.90 Å². The summed E-state index contributed by atoms with van der Waals surface area (Å²) >= 11 is 0. The van der Waals surface area contributed by atoms with Crippen molar-refractivity contribution in [1.29, 1.82) is 0 Å². The van der Waals surface area contributed by atoms with Gasteiger partial charge in [-0.2, -0.15) is 0 Å². The van der Waals surface area contributed by atoms with Crippen molar-refractivity contribution in [3.8, 4) is 5.75 Å². The van der Waals surface area contributed by atoms with Gasteiger partial charge in [-0.05, 0) is 77.6 Å². The first kappa shape index (κ1) is 26.1. The molecule has 0 unspecified atom stereocenters. The first-order valence-corrected chi connectivity index (χ1v) is 12.0. The Morgan fingerprint density at radius 2 is 1.68 bits per heavy atom. The molecule has 0 aliphatic carbocycles. The van der Waals surface area contributed by atoms with Gasteiger partial charge in [0.2, 0.25) is 0 Å². The maximum Gasteiger partial charge on any atom is 0.335 e. The van der Waals surface area contributed by atoms with Gasteiger partial charge in [0.1, 0.15) is 17.9 Å². The van der Waals surface area contributed by atoms with Crippen LogP contribution in [-0.2, 0) is 29.0 Å². The summed E-state index contributed by atoms with van der Waals surface area (Å²) in [7, 11) is 0. The number of carbonyl (C=O) groups excluding carboxylic acids is 3. The van der Waals surface area contributed by atoms with Gasteiger partial charge < -0.3 is 9.84 Å². The molecule has 0 atom stereocenters. The standard InChI is InChI=1S/C30H26N2O6/c1-3-5-23-16-21(10-15-26(23)38-18-20-6-11-22(12-7-20)29(35)36)17-25-27(33)31-30(37)32(28(25)34)24-13-8-19(4-2)9-14-24/h3,6-17H,1,4-5,18H2,2H3,(H,35,36)(H,31,33,37)/b25-17-. The molecule has 1 saturated heterocycles. The monoisotopic (exact) mass is 510 g/mol. The number of barbiturate groups is 1. The van der Waals surface area contributed by atoms with Crippen molar-refractivity contribution in [2.45, 2.75) is 26.4 Å². The summed E-state index contributed by atoms with van der Waals surface area (Å²) in [6, 6.07) is 17.8. The summed E-state index contributed by atoms with van der Waals surface area (Å²) in [6.07, 6.45) is 4.44. The van der Waals surface area contributed by atoms with Crippen LogP contribution in [0, 0.1) is 0 Å².